The second-order valence-corrected chi connectivity index (χ2v) is 5.67. The van der Waals surface area contributed by atoms with E-state index in [1.165, 1.54) is 5.56 Å². The fourth-order valence-corrected chi connectivity index (χ4v) is 3.84. The molecule has 1 aromatic rings. The number of fused-ring (bicyclic) bond motifs is 1. The summed E-state index contributed by atoms with van der Waals surface area (Å²) in [5.74, 6) is 0. The first-order chi connectivity index (χ1) is 7.66. The van der Waals surface area contributed by atoms with Crippen LogP contribution in [0.3, 0.4) is 0 Å². The summed E-state index contributed by atoms with van der Waals surface area (Å²) in [6, 6.07) is 10.7. The third-order valence-electron chi connectivity index (χ3n) is 4.69. The Balaban J connectivity index is 2.09. The molecule has 3 rings (SSSR count). The molecule has 2 aliphatic rings. The SMILES string of the molecule is C[C@@]12CNC[C@]1(c1ccccc1)C[C@H](O)C2. The highest BCUT2D eigenvalue weighted by Crippen LogP contribution is 2.56. The summed E-state index contributed by atoms with van der Waals surface area (Å²) >= 11 is 0. The fourth-order valence-electron chi connectivity index (χ4n) is 3.84. The summed E-state index contributed by atoms with van der Waals surface area (Å²) in [7, 11) is 0. The van der Waals surface area contributed by atoms with Gasteiger partial charge < -0.3 is 10.4 Å². The van der Waals surface area contributed by atoms with E-state index in [0.717, 1.165) is 25.9 Å². The lowest BCUT2D eigenvalue weighted by Gasteiger charge is -2.37. The van der Waals surface area contributed by atoms with Gasteiger partial charge >= 0.3 is 0 Å². The van der Waals surface area contributed by atoms with E-state index in [-0.39, 0.29) is 16.9 Å². The van der Waals surface area contributed by atoms with Crippen LogP contribution in [0.1, 0.15) is 25.3 Å². The predicted octanol–water partition coefficient (Wildman–Crippen LogP) is 1.69. The van der Waals surface area contributed by atoms with Gasteiger partial charge in [-0.15, -0.1) is 0 Å². The van der Waals surface area contributed by atoms with Crippen molar-refractivity contribution >= 4 is 0 Å². The van der Waals surface area contributed by atoms with Crippen LogP contribution in [-0.4, -0.2) is 24.3 Å². The van der Waals surface area contributed by atoms with Crippen LogP contribution < -0.4 is 5.32 Å². The van der Waals surface area contributed by atoms with Crippen LogP contribution in [0.15, 0.2) is 30.3 Å². The molecule has 2 heteroatoms. The Morgan fingerprint density at radius 3 is 2.69 bits per heavy atom. The summed E-state index contributed by atoms with van der Waals surface area (Å²) in [6.45, 7) is 4.35. The van der Waals surface area contributed by atoms with E-state index >= 15 is 0 Å². The van der Waals surface area contributed by atoms with Crippen molar-refractivity contribution in [3.8, 4) is 0 Å². The average Bonchev–Trinajstić information content (AvgIpc) is 2.69. The minimum Gasteiger partial charge on any atom is -0.393 e. The molecule has 3 atom stereocenters. The zero-order chi connectivity index (χ0) is 11.2. The molecule has 1 aliphatic carbocycles. The number of rotatable bonds is 1. The molecule has 2 N–H and O–H groups in total. The van der Waals surface area contributed by atoms with Gasteiger partial charge in [-0.2, -0.15) is 0 Å². The van der Waals surface area contributed by atoms with Gasteiger partial charge in [0.15, 0.2) is 0 Å². The minimum atomic E-state index is -0.132. The second kappa shape index (κ2) is 3.31. The van der Waals surface area contributed by atoms with Gasteiger partial charge in [0.2, 0.25) is 0 Å². The molecule has 1 aromatic carbocycles. The first-order valence-electron chi connectivity index (χ1n) is 6.11. The topological polar surface area (TPSA) is 32.3 Å². The first kappa shape index (κ1) is 10.3. The van der Waals surface area contributed by atoms with Crippen LogP contribution in [0.25, 0.3) is 0 Å². The number of aliphatic hydroxyl groups is 1. The summed E-state index contributed by atoms with van der Waals surface area (Å²) in [5, 5.41) is 13.5. The molecule has 2 nitrogen and oxygen atoms in total. The minimum absolute atomic E-state index is 0.132. The Hall–Kier alpha value is -0.860. The van der Waals surface area contributed by atoms with E-state index < -0.39 is 0 Å². The van der Waals surface area contributed by atoms with Gasteiger partial charge in [-0.1, -0.05) is 37.3 Å². The van der Waals surface area contributed by atoms with Crippen LogP contribution in [0.2, 0.25) is 0 Å². The third-order valence-corrected chi connectivity index (χ3v) is 4.69. The quantitative estimate of drug-likeness (QED) is 0.750. The molecule has 0 amide bonds. The fraction of sp³-hybridized carbons (Fsp3) is 0.571. The Labute approximate surface area is 96.7 Å². The molecular formula is C14H19NO. The lowest BCUT2D eigenvalue weighted by molar-refractivity contribution is 0.164. The Morgan fingerprint density at radius 1 is 1.19 bits per heavy atom. The van der Waals surface area contributed by atoms with Crippen molar-refractivity contribution < 1.29 is 5.11 Å². The van der Waals surface area contributed by atoms with Crippen molar-refractivity contribution in [1.29, 1.82) is 0 Å². The van der Waals surface area contributed by atoms with Gasteiger partial charge in [0.1, 0.15) is 0 Å². The van der Waals surface area contributed by atoms with E-state index in [1.54, 1.807) is 0 Å². The van der Waals surface area contributed by atoms with Gasteiger partial charge in [0.05, 0.1) is 6.10 Å². The Bertz CT molecular complexity index is 391. The standard InChI is InChI=1S/C14H19NO/c1-13-7-12(16)8-14(13,10-15-9-13)11-5-3-2-4-6-11/h2-6,12,15-16H,7-10H2,1H3/t12-,13-,14+/m1/s1. The molecule has 1 aliphatic heterocycles. The van der Waals surface area contributed by atoms with E-state index in [2.05, 4.69) is 42.6 Å². The smallest absolute Gasteiger partial charge is 0.0555 e. The maximum atomic E-state index is 10.00. The lowest BCUT2D eigenvalue weighted by Crippen LogP contribution is -2.38. The monoisotopic (exact) mass is 217 g/mol. The van der Waals surface area contributed by atoms with Gasteiger partial charge in [0.25, 0.3) is 0 Å². The molecular weight excluding hydrogens is 198 g/mol. The number of nitrogens with one attached hydrogen (secondary N) is 1. The molecule has 1 saturated heterocycles. The molecule has 1 heterocycles. The second-order valence-electron chi connectivity index (χ2n) is 5.67. The summed E-state index contributed by atoms with van der Waals surface area (Å²) < 4.78 is 0. The molecule has 0 bridgehead atoms. The first-order valence-corrected chi connectivity index (χ1v) is 6.11. The van der Waals surface area contributed by atoms with Crippen molar-refractivity contribution in [1.82, 2.24) is 5.32 Å². The average molecular weight is 217 g/mol. The Kier molecular flexibility index (Phi) is 2.13. The molecule has 86 valence electrons. The molecule has 0 radical (unpaired) electrons. The maximum absolute atomic E-state index is 10.00. The van der Waals surface area contributed by atoms with E-state index in [0.29, 0.717) is 0 Å². The van der Waals surface area contributed by atoms with Crippen LogP contribution in [-0.2, 0) is 5.41 Å². The zero-order valence-electron chi connectivity index (χ0n) is 9.74. The van der Waals surface area contributed by atoms with Gasteiger partial charge in [-0.25, -0.2) is 0 Å². The van der Waals surface area contributed by atoms with Gasteiger partial charge in [-0.3, -0.25) is 0 Å². The number of aliphatic hydroxyl groups excluding tert-OH is 1. The molecule has 0 spiro atoms. The van der Waals surface area contributed by atoms with E-state index in [1.807, 2.05) is 0 Å². The highest BCUT2D eigenvalue weighted by atomic mass is 16.3. The predicted molar refractivity (Wildman–Crippen MR) is 64.3 cm³/mol. The van der Waals surface area contributed by atoms with Crippen molar-refractivity contribution in [3.05, 3.63) is 35.9 Å². The van der Waals surface area contributed by atoms with Gasteiger partial charge in [-0.05, 0) is 23.8 Å². The van der Waals surface area contributed by atoms with Gasteiger partial charge in [0, 0.05) is 18.5 Å². The number of benzene rings is 1. The van der Waals surface area contributed by atoms with Crippen LogP contribution in [0.4, 0.5) is 0 Å². The molecule has 0 unspecified atom stereocenters. The molecule has 2 fully saturated rings. The largest absolute Gasteiger partial charge is 0.393 e. The van der Waals surface area contributed by atoms with E-state index in [9.17, 15) is 5.11 Å². The summed E-state index contributed by atoms with van der Waals surface area (Å²) in [4.78, 5) is 0. The normalized spacial score (nSPS) is 42.2. The maximum Gasteiger partial charge on any atom is 0.0555 e. The lowest BCUT2D eigenvalue weighted by atomic mass is 9.65. The summed E-state index contributed by atoms with van der Waals surface area (Å²) in [6.07, 6.45) is 1.70. The highest BCUT2D eigenvalue weighted by Gasteiger charge is 2.58. The molecule has 0 aromatic heterocycles. The molecule has 1 saturated carbocycles. The van der Waals surface area contributed by atoms with Crippen LogP contribution in [0.5, 0.6) is 0 Å². The van der Waals surface area contributed by atoms with Crippen LogP contribution >= 0.6 is 0 Å². The molecule has 16 heavy (non-hydrogen) atoms. The Morgan fingerprint density at radius 2 is 1.94 bits per heavy atom. The zero-order valence-corrected chi connectivity index (χ0v) is 9.74. The number of hydrogen-bond donors (Lipinski definition) is 2. The third kappa shape index (κ3) is 1.20. The van der Waals surface area contributed by atoms with Crippen molar-refractivity contribution in [3.63, 3.8) is 0 Å². The highest BCUT2D eigenvalue weighted by molar-refractivity contribution is 5.34. The van der Waals surface area contributed by atoms with Crippen molar-refractivity contribution in [2.45, 2.75) is 31.3 Å². The summed E-state index contributed by atoms with van der Waals surface area (Å²) in [5.41, 5.74) is 1.75. The van der Waals surface area contributed by atoms with Crippen molar-refractivity contribution in [2.24, 2.45) is 5.41 Å². The van der Waals surface area contributed by atoms with Crippen molar-refractivity contribution in [2.75, 3.05) is 13.1 Å². The van der Waals surface area contributed by atoms with Crippen LogP contribution in [0, 0.1) is 5.41 Å². The van der Waals surface area contributed by atoms with E-state index in [4.69, 9.17) is 0 Å². The number of hydrogen-bond acceptors (Lipinski definition) is 2.